The van der Waals surface area contributed by atoms with E-state index in [1.807, 2.05) is 42.0 Å². The van der Waals surface area contributed by atoms with Crippen molar-refractivity contribution in [3.63, 3.8) is 0 Å². The Morgan fingerprint density at radius 3 is 1.27 bits per heavy atom. The number of aryl methyl sites for hydroxylation is 2. The van der Waals surface area contributed by atoms with Crippen LogP contribution in [0.1, 0.15) is 41.4 Å². The SMILES string of the molecule is C=[N+]1C=C[N+](C)=C1C(=O)[O-].Cn1cc[n+](C)c1.O=C(O)c1ccc(C(=O)O)cc1.O=C([O-])c1ccc(C(=O)[O-])cc1. The number of carboxylic acid groups (broad SMARTS) is 5. The Bertz CT molecular complexity index is 1350. The van der Waals surface area contributed by atoms with Crippen LogP contribution in [0.15, 0.2) is 79.7 Å². The highest BCUT2D eigenvalue weighted by Gasteiger charge is 2.28. The zero-order valence-corrected chi connectivity index (χ0v) is 22.2. The van der Waals surface area contributed by atoms with E-state index in [9.17, 15) is 39.3 Å². The molecule has 0 saturated heterocycles. The molecule has 3 aromatic rings. The van der Waals surface area contributed by atoms with Gasteiger partial charge in [-0.1, -0.05) is 24.3 Å². The van der Waals surface area contributed by atoms with E-state index in [4.69, 9.17) is 10.2 Å². The van der Waals surface area contributed by atoms with Crippen molar-refractivity contribution in [1.82, 2.24) is 4.57 Å². The van der Waals surface area contributed by atoms with Gasteiger partial charge in [-0.25, -0.2) is 18.7 Å². The molecule has 214 valence electrons. The highest BCUT2D eigenvalue weighted by Crippen LogP contribution is 2.04. The molecule has 0 spiro atoms. The molecule has 4 rings (SSSR count). The van der Waals surface area contributed by atoms with Gasteiger partial charge in [-0.15, -0.1) is 9.15 Å². The molecule has 0 fully saturated rings. The molecule has 0 bridgehead atoms. The molecule has 2 aromatic carbocycles. The lowest BCUT2D eigenvalue weighted by Crippen LogP contribution is -2.39. The number of rotatable bonds is 5. The maximum Gasteiger partial charge on any atom is 0.472 e. The van der Waals surface area contributed by atoms with Crippen LogP contribution in [-0.4, -0.2) is 73.4 Å². The number of carboxylic acids is 5. The summed E-state index contributed by atoms with van der Waals surface area (Å²) in [6, 6.07) is 9.64. The average molecular weight is 567 g/mol. The normalized spacial score (nSPS) is 11.1. The van der Waals surface area contributed by atoms with Crippen LogP contribution in [0.5, 0.6) is 0 Å². The van der Waals surface area contributed by atoms with Gasteiger partial charge in [0.1, 0.15) is 26.2 Å². The third kappa shape index (κ3) is 11.2. The molecule has 0 amide bonds. The Balaban J connectivity index is 0.000000278. The Kier molecular flexibility index (Phi) is 12.5. The van der Waals surface area contributed by atoms with E-state index in [1.54, 1.807) is 19.4 Å². The van der Waals surface area contributed by atoms with Gasteiger partial charge in [0.2, 0.25) is 24.7 Å². The summed E-state index contributed by atoms with van der Waals surface area (Å²) in [7, 11) is 5.62. The maximum atomic E-state index is 10.3. The maximum absolute atomic E-state index is 10.3. The van der Waals surface area contributed by atoms with E-state index < -0.39 is 29.8 Å². The first kappa shape index (κ1) is 33.1. The third-order valence-electron chi connectivity index (χ3n) is 4.90. The quantitative estimate of drug-likeness (QED) is 0.306. The van der Waals surface area contributed by atoms with Crippen molar-refractivity contribution in [1.29, 1.82) is 0 Å². The number of amidine groups is 1. The number of benzene rings is 2. The van der Waals surface area contributed by atoms with Crippen molar-refractivity contribution >= 4 is 42.4 Å². The highest BCUT2D eigenvalue weighted by molar-refractivity contribution is 6.27. The second-order valence-corrected chi connectivity index (χ2v) is 8.07. The van der Waals surface area contributed by atoms with E-state index in [0.717, 1.165) is 24.3 Å². The molecule has 14 nitrogen and oxygen atoms in total. The summed E-state index contributed by atoms with van der Waals surface area (Å²) in [6.07, 6.45) is 9.14. The first-order chi connectivity index (χ1) is 19.1. The fourth-order valence-corrected chi connectivity index (χ4v) is 2.86. The highest BCUT2D eigenvalue weighted by atomic mass is 16.4. The second-order valence-electron chi connectivity index (χ2n) is 8.07. The van der Waals surface area contributed by atoms with Crippen molar-refractivity contribution in [2.24, 2.45) is 14.1 Å². The van der Waals surface area contributed by atoms with E-state index >= 15 is 0 Å². The molecule has 2 heterocycles. The van der Waals surface area contributed by atoms with Crippen LogP contribution in [0.4, 0.5) is 0 Å². The molecule has 1 aromatic heterocycles. The zero-order chi connectivity index (χ0) is 31.3. The van der Waals surface area contributed by atoms with Crippen LogP contribution in [0.3, 0.4) is 0 Å². The molecule has 41 heavy (non-hydrogen) atoms. The van der Waals surface area contributed by atoms with E-state index in [0.29, 0.717) is 0 Å². The van der Waals surface area contributed by atoms with Crippen LogP contribution in [0, 0.1) is 0 Å². The number of imidazole rings is 1. The van der Waals surface area contributed by atoms with Crippen molar-refractivity contribution in [3.05, 3.63) is 102 Å². The van der Waals surface area contributed by atoms with Crippen molar-refractivity contribution in [2.75, 3.05) is 7.05 Å². The summed E-state index contributed by atoms with van der Waals surface area (Å²) in [6.45, 7) is 3.44. The molecule has 0 atom stereocenters. The van der Waals surface area contributed by atoms with Gasteiger partial charge in [-0.3, -0.25) is 0 Å². The lowest BCUT2D eigenvalue weighted by atomic mass is 10.1. The summed E-state index contributed by atoms with van der Waals surface area (Å²) in [5.74, 6) is -5.96. The Morgan fingerprint density at radius 2 is 1.10 bits per heavy atom. The molecule has 1 aliphatic rings. The predicted molar refractivity (Wildman–Crippen MR) is 135 cm³/mol. The standard InChI is InChI=1S/2C8H6O4.C6H7N2O2.C5H9N2/c2*9-7(10)5-1-2-6(4-3-5)8(11)12;1-7-3-4-8(2)5(7)6(9)10;1-6-3-4-7(2)5-6/h2*1-4H,(H,9,10)(H,11,12);3-4H,1H2,2H3;3-5H,1-2H3/q;;2*+1/p-2. The van der Waals surface area contributed by atoms with E-state index in [1.165, 1.54) is 33.4 Å². The molecule has 0 aliphatic carbocycles. The number of aliphatic carboxylic acids is 1. The van der Waals surface area contributed by atoms with Crippen molar-refractivity contribution in [2.45, 2.75) is 0 Å². The Morgan fingerprint density at radius 1 is 0.707 bits per heavy atom. The first-order valence-corrected chi connectivity index (χ1v) is 11.3. The average Bonchev–Trinajstić information content (AvgIpc) is 3.47. The number of hydrogen-bond acceptors (Lipinski definition) is 8. The van der Waals surface area contributed by atoms with Crippen LogP contribution < -0.4 is 19.9 Å². The number of hydrogen-bond donors (Lipinski definition) is 2. The minimum atomic E-state index is -1.33. The fourth-order valence-electron chi connectivity index (χ4n) is 2.86. The minimum Gasteiger partial charge on any atom is -0.545 e. The fraction of sp³-hybridized carbons (Fsp3) is 0.111. The van der Waals surface area contributed by atoms with Gasteiger partial charge in [0.05, 0.1) is 37.2 Å². The number of aromatic nitrogens is 2. The second kappa shape index (κ2) is 15.5. The Hall–Kier alpha value is -5.92. The monoisotopic (exact) mass is 566 g/mol. The topological polar surface area (TPSA) is 210 Å². The zero-order valence-electron chi connectivity index (χ0n) is 22.2. The number of carbonyl (C=O) groups excluding carboxylic acids is 3. The molecule has 0 saturated carbocycles. The van der Waals surface area contributed by atoms with Crippen molar-refractivity contribution in [3.8, 4) is 0 Å². The predicted octanol–water partition coefficient (Wildman–Crippen LogP) is -2.68. The van der Waals surface area contributed by atoms with Gasteiger partial charge >= 0.3 is 17.8 Å². The van der Waals surface area contributed by atoms with Gasteiger partial charge in [-0.05, 0) is 35.4 Å². The van der Waals surface area contributed by atoms with Gasteiger partial charge in [0.25, 0.3) is 0 Å². The third-order valence-corrected chi connectivity index (χ3v) is 4.90. The number of carbonyl (C=O) groups is 5. The van der Waals surface area contributed by atoms with Crippen LogP contribution in [0.25, 0.3) is 0 Å². The van der Waals surface area contributed by atoms with Gasteiger partial charge < -0.3 is 39.9 Å². The lowest BCUT2D eigenvalue weighted by Gasteiger charge is -2.04. The molecule has 1 aliphatic heterocycles. The number of nitrogens with zero attached hydrogens (tertiary/aromatic N) is 4. The number of aromatic carboxylic acids is 4. The van der Waals surface area contributed by atoms with Crippen molar-refractivity contribution < 1.29 is 63.2 Å². The summed E-state index contributed by atoms with van der Waals surface area (Å²) < 4.78 is 6.68. The van der Waals surface area contributed by atoms with Crippen LogP contribution in [-0.2, 0) is 18.9 Å². The van der Waals surface area contributed by atoms with Gasteiger partial charge in [0.15, 0.2) is 0 Å². The molecular formula is C27H26N4O10. The molecule has 0 unspecified atom stereocenters. The molecular weight excluding hydrogens is 540 g/mol. The lowest BCUT2D eigenvalue weighted by molar-refractivity contribution is -0.670. The molecule has 2 N–H and O–H groups in total. The molecule has 14 heteroatoms. The summed E-state index contributed by atoms with van der Waals surface area (Å²) in [5.41, 5.74) is 0.0556. The minimum absolute atomic E-state index is 0.0556. The molecule has 0 radical (unpaired) electrons. The van der Waals surface area contributed by atoms with Gasteiger partial charge in [0, 0.05) is 0 Å². The largest absolute Gasteiger partial charge is 0.545 e. The summed E-state index contributed by atoms with van der Waals surface area (Å²) in [5, 5.41) is 47.7. The van der Waals surface area contributed by atoms with Crippen LogP contribution >= 0.6 is 0 Å². The Labute approximate surface area is 233 Å². The van der Waals surface area contributed by atoms with Gasteiger partial charge in [-0.2, -0.15) is 0 Å². The summed E-state index contributed by atoms with van der Waals surface area (Å²) >= 11 is 0. The van der Waals surface area contributed by atoms with Crippen LogP contribution in [0.2, 0.25) is 0 Å². The smallest absolute Gasteiger partial charge is 0.472 e. The summed E-state index contributed by atoms with van der Waals surface area (Å²) in [4.78, 5) is 51.4. The van der Waals surface area contributed by atoms with E-state index in [-0.39, 0.29) is 28.1 Å². The first-order valence-electron chi connectivity index (χ1n) is 11.3. The van der Waals surface area contributed by atoms with E-state index in [2.05, 4.69) is 6.72 Å².